The zero-order chi connectivity index (χ0) is 30.0. The van der Waals surface area contributed by atoms with Gasteiger partial charge in [0.25, 0.3) is 5.91 Å². The Balaban J connectivity index is 1.25. The van der Waals surface area contributed by atoms with Gasteiger partial charge in [-0.2, -0.15) is 9.98 Å². The summed E-state index contributed by atoms with van der Waals surface area (Å²) in [5, 5.41) is 9.98. The molecule has 0 saturated carbocycles. The lowest BCUT2D eigenvalue weighted by Crippen LogP contribution is -2.50. The van der Waals surface area contributed by atoms with Crippen LogP contribution in [0.3, 0.4) is 0 Å². The SMILES string of the molecule is N#Cc1cccn1CCC(NS(=O)(=O)c1cccc2[nH]ccc12)C(=O)N1CCc2ccc(C(=O)N3CCOCC3)cc2C1. The van der Waals surface area contributed by atoms with Crippen molar-refractivity contribution in [1.29, 1.82) is 5.26 Å². The number of carbonyl (C=O) groups is 2. The van der Waals surface area contributed by atoms with Crippen molar-refractivity contribution in [1.82, 2.24) is 24.1 Å². The molecule has 43 heavy (non-hydrogen) atoms. The standard InChI is InChI=1S/C31H32N6O5S/c32-20-25-3-2-12-35(25)14-10-28(34-43(40,41)29-5-1-4-27-26(29)8-11-33-27)31(39)37-13-9-22-6-7-23(19-24(22)21-37)30(38)36-15-17-42-18-16-36/h1-8,11-12,19,28,33-34H,9-10,13-18,21H2. The molecule has 222 valence electrons. The minimum absolute atomic E-state index is 0.0702. The maximum absolute atomic E-state index is 14.0. The van der Waals surface area contributed by atoms with Gasteiger partial charge in [0.15, 0.2) is 0 Å². The molecule has 2 aliphatic rings. The summed E-state index contributed by atoms with van der Waals surface area (Å²) in [6.07, 6.45) is 4.14. The molecule has 6 rings (SSSR count). The molecule has 2 aromatic heterocycles. The summed E-state index contributed by atoms with van der Waals surface area (Å²) in [6, 6.07) is 16.7. The summed E-state index contributed by atoms with van der Waals surface area (Å²) < 4.78 is 37.1. The molecular weight excluding hydrogens is 568 g/mol. The lowest BCUT2D eigenvalue weighted by atomic mass is 9.96. The average Bonchev–Trinajstić information content (AvgIpc) is 3.71. The van der Waals surface area contributed by atoms with Crippen LogP contribution in [0.1, 0.15) is 33.6 Å². The van der Waals surface area contributed by atoms with Crippen LogP contribution in [-0.2, 0) is 39.1 Å². The number of aryl methyl sites for hydroxylation is 1. The number of sulfonamides is 1. The molecule has 2 aromatic carbocycles. The van der Waals surface area contributed by atoms with E-state index in [0.717, 1.165) is 11.1 Å². The van der Waals surface area contributed by atoms with E-state index >= 15 is 0 Å². The number of aromatic amines is 1. The molecule has 1 saturated heterocycles. The molecule has 0 radical (unpaired) electrons. The number of benzene rings is 2. The quantitative estimate of drug-likeness (QED) is 0.319. The zero-order valence-electron chi connectivity index (χ0n) is 23.5. The fourth-order valence-corrected chi connectivity index (χ4v) is 7.25. The minimum Gasteiger partial charge on any atom is -0.378 e. The molecule has 1 unspecified atom stereocenters. The Labute approximate surface area is 249 Å². The van der Waals surface area contributed by atoms with Gasteiger partial charge in [0.05, 0.1) is 18.1 Å². The Morgan fingerprint density at radius 3 is 2.67 bits per heavy atom. The van der Waals surface area contributed by atoms with E-state index in [1.807, 2.05) is 18.2 Å². The molecule has 4 heterocycles. The van der Waals surface area contributed by atoms with Gasteiger partial charge in [-0.3, -0.25) is 9.59 Å². The predicted molar refractivity (Wildman–Crippen MR) is 158 cm³/mol. The van der Waals surface area contributed by atoms with E-state index in [4.69, 9.17) is 4.74 Å². The van der Waals surface area contributed by atoms with Gasteiger partial charge < -0.3 is 24.1 Å². The van der Waals surface area contributed by atoms with Gasteiger partial charge in [0.2, 0.25) is 15.9 Å². The second-order valence-electron chi connectivity index (χ2n) is 10.8. The van der Waals surface area contributed by atoms with Crippen molar-refractivity contribution in [2.24, 2.45) is 0 Å². The van der Waals surface area contributed by atoms with Crippen molar-refractivity contribution in [3.63, 3.8) is 0 Å². The molecule has 11 nitrogen and oxygen atoms in total. The van der Waals surface area contributed by atoms with Crippen molar-refractivity contribution in [2.75, 3.05) is 32.8 Å². The largest absolute Gasteiger partial charge is 0.378 e. The number of fused-ring (bicyclic) bond motifs is 2. The number of ether oxygens (including phenoxy) is 1. The fraction of sp³-hybridized carbons (Fsp3) is 0.323. The first-order valence-electron chi connectivity index (χ1n) is 14.3. The van der Waals surface area contributed by atoms with E-state index in [9.17, 15) is 23.3 Å². The number of carbonyl (C=O) groups excluding carboxylic acids is 2. The molecule has 4 aromatic rings. The normalized spacial score (nSPS) is 16.1. The Morgan fingerprint density at radius 1 is 1.02 bits per heavy atom. The van der Waals surface area contributed by atoms with Gasteiger partial charge >= 0.3 is 0 Å². The number of nitrogens with zero attached hydrogens (tertiary/aromatic N) is 4. The second kappa shape index (κ2) is 12.0. The smallest absolute Gasteiger partial charge is 0.254 e. The average molecular weight is 601 g/mol. The molecule has 1 atom stereocenters. The topological polar surface area (TPSA) is 141 Å². The number of hydrogen-bond acceptors (Lipinski definition) is 6. The van der Waals surface area contributed by atoms with Gasteiger partial charge in [-0.25, -0.2) is 8.42 Å². The van der Waals surface area contributed by atoms with Gasteiger partial charge in [-0.1, -0.05) is 12.1 Å². The highest BCUT2D eigenvalue weighted by Gasteiger charge is 2.32. The summed E-state index contributed by atoms with van der Waals surface area (Å²) in [4.78, 5) is 33.7. The van der Waals surface area contributed by atoms with Crippen molar-refractivity contribution in [2.45, 2.75) is 36.9 Å². The highest BCUT2D eigenvalue weighted by Crippen LogP contribution is 2.25. The van der Waals surface area contributed by atoms with Gasteiger partial charge in [0.1, 0.15) is 17.8 Å². The highest BCUT2D eigenvalue weighted by atomic mass is 32.2. The number of nitrogens with one attached hydrogen (secondary N) is 2. The van der Waals surface area contributed by atoms with E-state index in [0.29, 0.717) is 61.4 Å². The molecule has 12 heteroatoms. The summed E-state index contributed by atoms with van der Waals surface area (Å²) in [7, 11) is -4.09. The third-order valence-corrected chi connectivity index (χ3v) is 9.65. The number of nitriles is 1. The van der Waals surface area contributed by atoms with E-state index in [1.165, 1.54) is 6.07 Å². The summed E-state index contributed by atoms with van der Waals surface area (Å²) in [5.74, 6) is -0.426. The fourth-order valence-electron chi connectivity index (χ4n) is 5.80. The van der Waals surface area contributed by atoms with Crippen molar-refractivity contribution >= 4 is 32.7 Å². The number of aromatic nitrogens is 2. The van der Waals surface area contributed by atoms with Crippen LogP contribution in [0.5, 0.6) is 0 Å². The highest BCUT2D eigenvalue weighted by molar-refractivity contribution is 7.89. The predicted octanol–water partition coefficient (Wildman–Crippen LogP) is 2.64. The first-order valence-corrected chi connectivity index (χ1v) is 15.7. The lowest BCUT2D eigenvalue weighted by molar-refractivity contribution is -0.134. The minimum atomic E-state index is -4.09. The third-order valence-electron chi connectivity index (χ3n) is 8.12. The molecule has 0 spiro atoms. The third kappa shape index (κ3) is 5.92. The van der Waals surface area contributed by atoms with Crippen molar-refractivity contribution < 1.29 is 22.7 Å². The summed E-state index contributed by atoms with van der Waals surface area (Å²) >= 11 is 0. The number of amides is 2. The van der Waals surface area contributed by atoms with E-state index < -0.39 is 16.1 Å². The lowest BCUT2D eigenvalue weighted by Gasteiger charge is -2.33. The first kappa shape index (κ1) is 28.7. The molecule has 2 N–H and O–H groups in total. The van der Waals surface area contributed by atoms with Crippen molar-refractivity contribution in [3.05, 3.63) is 89.4 Å². The van der Waals surface area contributed by atoms with Crippen LogP contribution in [0.25, 0.3) is 10.9 Å². The number of H-pyrrole nitrogens is 1. The zero-order valence-corrected chi connectivity index (χ0v) is 24.3. The molecular formula is C31H32N6O5S. The molecule has 0 bridgehead atoms. The Bertz CT molecular complexity index is 1820. The van der Waals surface area contributed by atoms with E-state index in [-0.39, 0.29) is 36.2 Å². The Kier molecular flexibility index (Phi) is 8.03. The van der Waals surface area contributed by atoms with E-state index in [2.05, 4.69) is 15.8 Å². The van der Waals surface area contributed by atoms with E-state index in [1.54, 1.807) is 57.1 Å². The molecule has 0 aliphatic carbocycles. The van der Waals surface area contributed by atoms with Crippen molar-refractivity contribution in [3.8, 4) is 6.07 Å². The Hall–Kier alpha value is -4.44. The number of rotatable bonds is 8. The Morgan fingerprint density at radius 2 is 1.86 bits per heavy atom. The van der Waals surface area contributed by atoms with Crippen LogP contribution < -0.4 is 4.72 Å². The number of hydrogen-bond donors (Lipinski definition) is 2. The number of morpholine rings is 1. The summed E-state index contributed by atoms with van der Waals surface area (Å²) in [6.45, 7) is 3.03. The van der Waals surface area contributed by atoms with Crippen LogP contribution in [0.2, 0.25) is 0 Å². The first-order chi connectivity index (χ1) is 20.8. The van der Waals surface area contributed by atoms with Gasteiger partial charge in [0, 0.05) is 61.6 Å². The van der Waals surface area contributed by atoms with Crippen LogP contribution in [0, 0.1) is 11.3 Å². The van der Waals surface area contributed by atoms with Gasteiger partial charge in [-0.05, 0) is 66.4 Å². The maximum atomic E-state index is 14.0. The van der Waals surface area contributed by atoms with Crippen LogP contribution in [0.4, 0.5) is 0 Å². The second-order valence-corrected chi connectivity index (χ2v) is 12.4. The van der Waals surface area contributed by atoms with Gasteiger partial charge in [-0.15, -0.1) is 0 Å². The van der Waals surface area contributed by atoms with Crippen LogP contribution >= 0.6 is 0 Å². The molecule has 1 fully saturated rings. The summed E-state index contributed by atoms with van der Waals surface area (Å²) in [5.41, 5.74) is 3.59. The van der Waals surface area contributed by atoms with Crippen LogP contribution in [0.15, 0.2) is 71.9 Å². The molecule has 2 amide bonds. The monoisotopic (exact) mass is 600 g/mol. The molecule has 2 aliphatic heterocycles. The van der Waals surface area contributed by atoms with Crippen LogP contribution in [-0.4, -0.2) is 78.5 Å². The maximum Gasteiger partial charge on any atom is 0.254 e.